The van der Waals surface area contributed by atoms with E-state index in [1.165, 1.54) is 6.07 Å². The molecule has 1 aliphatic heterocycles. The van der Waals surface area contributed by atoms with Gasteiger partial charge in [-0.25, -0.2) is 22.2 Å². The predicted octanol–water partition coefficient (Wildman–Crippen LogP) is 2.07. The molecule has 1 saturated heterocycles. The van der Waals surface area contributed by atoms with Crippen LogP contribution in [0.1, 0.15) is 23.7 Å². The smallest absolute Gasteiger partial charge is 0.298 e. The van der Waals surface area contributed by atoms with E-state index in [-0.39, 0.29) is 28.9 Å². The first-order chi connectivity index (χ1) is 13.5. The van der Waals surface area contributed by atoms with Crippen LogP contribution in [0.5, 0.6) is 0 Å². The van der Waals surface area contributed by atoms with Gasteiger partial charge in [-0.3, -0.25) is 9.48 Å². The number of halogens is 4. The monoisotopic (exact) mass is 395 g/mol. The second kappa shape index (κ2) is 6.09. The van der Waals surface area contributed by atoms with Crippen LogP contribution in [-0.4, -0.2) is 38.0 Å². The maximum Gasteiger partial charge on any atom is 0.298 e. The minimum Gasteiger partial charge on any atom is -0.381 e. The normalized spacial score (nSPS) is 23.5. The van der Waals surface area contributed by atoms with Gasteiger partial charge in [0.15, 0.2) is 5.52 Å². The number of benzene rings is 1. The summed E-state index contributed by atoms with van der Waals surface area (Å²) in [6.45, 7) is 0.409. The molecule has 0 spiro atoms. The Balaban J connectivity index is 1.62. The largest absolute Gasteiger partial charge is 0.381 e. The Morgan fingerprint density at radius 3 is 2.46 bits per heavy atom. The van der Waals surface area contributed by atoms with E-state index in [4.69, 9.17) is 4.74 Å². The van der Waals surface area contributed by atoms with Crippen molar-refractivity contribution in [2.75, 3.05) is 13.2 Å². The molecular formula is C17H13F4N5O2. The van der Waals surface area contributed by atoms with Crippen molar-refractivity contribution < 1.29 is 22.3 Å². The molecule has 1 aromatic carbocycles. The molecular weight excluding hydrogens is 382 g/mol. The zero-order chi connectivity index (χ0) is 19.6. The van der Waals surface area contributed by atoms with E-state index >= 15 is 0 Å². The van der Waals surface area contributed by atoms with Crippen LogP contribution in [0, 0.1) is 23.5 Å². The van der Waals surface area contributed by atoms with E-state index in [0.29, 0.717) is 17.9 Å². The van der Waals surface area contributed by atoms with Crippen LogP contribution in [0.4, 0.5) is 17.6 Å². The van der Waals surface area contributed by atoms with Crippen molar-refractivity contribution in [2.24, 2.45) is 11.8 Å². The van der Waals surface area contributed by atoms with E-state index in [9.17, 15) is 22.4 Å². The highest BCUT2D eigenvalue weighted by Gasteiger charge is 2.56. The summed E-state index contributed by atoms with van der Waals surface area (Å²) >= 11 is 0. The molecule has 1 aliphatic carbocycles. The fourth-order valence-electron chi connectivity index (χ4n) is 3.89. The van der Waals surface area contributed by atoms with Gasteiger partial charge in [-0.1, -0.05) is 11.3 Å². The van der Waals surface area contributed by atoms with Gasteiger partial charge in [-0.05, 0) is 12.1 Å². The Morgan fingerprint density at radius 2 is 1.82 bits per heavy atom. The lowest BCUT2D eigenvalue weighted by molar-refractivity contribution is 0.141. The highest BCUT2D eigenvalue weighted by molar-refractivity contribution is 5.75. The number of alkyl halides is 2. The van der Waals surface area contributed by atoms with E-state index in [1.807, 2.05) is 0 Å². The van der Waals surface area contributed by atoms with Crippen molar-refractivity contribution in [3.05, 3.63) is 51.4 Å². The predicted molar refractivity (Wildman–Crippen MR) is 86.8 cm³/mol. The second-order valence-corrected chi connectivity index (χ2v) is 6.94. The van der Waals surface area contributed by atoms with Crippen LogP contribution >= 0.6 is 0 Å². The summed E-state index contributed by atoms with van der Waals surface area (Å²) in [5.74, 6) is -1.50. The Kier molecular flexibility index (Phi) is 3.76. The quantitative estimate of drug-likeness (QED) is 0.633. The number of rotatable bonds is 4. The number of hydrogen-bond acceptors (Lipinski definition) is 5. The lowest BCUT2D eigenvalue weighted by Crippen LogP contribution is -2.26. The van der Waals surface area contributed by atoms with E-state index in [1.54, 1.807) is 0 Å². The van der Waals surface area contributed by atoms with Crippen molar-refractivity contribution in [3.8, 4) is 0 Å². The average Bonchev–Trinajstić information content (AvgIpc) is 3.01. The Hall–Kier alpha value is -2.82. The molecule has 146 valence electrons. The van der Waals surface area contributed by atoms with Gasteiger partial charge in [-0.2, -0.15) is 5.10 Å². The van der Waals surface area contributed by atoms with Crippen molar-refractivity contribution >= 4 is 11.0 Å². The molecule has 11 heteroatoms. The Bertz CT molecular complexity index is 1110. The molecule has 3 heterocycles. The maximum absolute atomic E-state index is 13.9. The maximum atomic E-state index is 13.9. The highest BCUT2D eigenvalue weighted by Crippen LogP contribution is 2.53. The number of ether oxygens (including phenoxy) is 1. The van der Waals surface area contributed by atoms with Gasteiger partial charge in [0.05, 0.1) is 25.8 Å². The summed E-state index contributed by atoms with van der Waals surface area (Å²) in [5.41, 5.74) is -2.45. The molecule has 28 heavy (non-hydrogen) atoms. The molecule has 1 saturated carbocycles. The van der Waals surface area contributed by atoms with Gasteiger partial charge in [0.2, 0.25) is 0 Å². The fourth-order valence-corrected chi connectivity index (χ4v) is 3.89. The molecule has 2 fully saturated rings. The summed E-state index contributed by atoms with van der Waals surface area (Å²) in [6, 6.07) is 3.01. The molecule has 0 amide bonds. The van der Waals surface area contributed by atoms with Gasteiger partial charge >= 0.3 is 0 Å². The van der Waals surface area contributed by atoms with E-state index in [2.05, 4.69) is 15.4 Å². The second-order valence-electron chi connectivity index (χ2n) is 6.94. The van der Waals surface area contributed by atoms with Crippen LogP contribution in [0.2, 0.25) is 0 Å². The third kappa shape index (κ3) is 2.45. The average molecular weight is 395 g/mol. The van der Waals surface area contributed by atoms with Crippen molar-refractivity contribution in [3.63, 3.8) is 0 Å². The van der Waals surface area contributed by atoms with Crippen LogP contribution in [0.25, 0.3) is 11.0 Å². The zero-order valence-electron chi connectivity index (χ0n) is 14.2. The first-order valence-electron chi connectivity index (χ1n) is 8.62. The third-order valence-corrected chi connectivity index (χ3v) is 5.38. The molecule has 0 unspecified atom stereocenters. The van der Waals surface area contributed by atoms with Crippen molar-refractivity contribution in [2.45, 2.75) is 19.0 Å². The molecule has 7 nitrogen and oxygen atoms in total. The third-order valence-electron chi connectivity index (χ3n) is 5.38. The van der Waals surface area contributed by atoms with Gasteiger partial charge < -0.3 is 4.74 Å². The molecule has 3 atom stereocenters. The molecule has 2 aromatic heterocycles. The molecule has 5 rings (SSSR count). The topological polar surface area (TPSA) is 74.8 Å². The molecule has 2 aliphatic rings. The standard InChI is InChI=1S/C17H13F4N5O2/c18-10-2-1-3-11(19)7(10)4-25-15(16(20)21)12-13(23-25)17(27)26(24-22-12)14-8-5-28-6-9(8)14/h1-3,8-9,14,16H,4-6H2/t8-,9+,14-. The molecule has 0 bridgehead atoms. The lowest BCUT2D eigenvalue weighted by atomic mass is 10.2. The number of aromatic nitrogens is 5. The summed E-state index contributed by atoms with van der Waals surface area (Å²) in [6.07, 6.45) is -3.06. The van der Waals surface area contributed by atoms with Crippen LogP contribution in [0.3, 0.4) is 0 Å². The number of fused-ring (bicyclic) bond motifs is 2. The van der Waals surface area contributed by atoms with Gasteiger partial charge in [0, 0.05) is 17.4 Å². The summed E-state index contributed by atoms with van der Waals surface area (Å²) in [5, 5.41) is 11.5. The van der Waals surface area contributed by atoms with Crippen molar-refractivity contribution in [1.29, 1.82) is 0 Å². The number of nitrogens with zero attached hydrogens (tertiary/aromatic N) is 5. The summed E-state index contributed by atoms with van der Waals surface area (Å²) < 4.78 is 62.3. The fraction of sp³-hybridized carbons (Fsp3) is 0.412. The van der Waals surface area contributed by atoms with Gasteiger partial charge in [-0.15, -0.1) is 5.10 Å². The minimum atomic E-state index is -3.06. The van der Waals surface area contributed by atoms with Gasteiger partial charge in [0.25, 0.3) is 12.0 Å². The number of hydrogen-bond donors (Lipinski definition) is 0. The molecule has 0 N–H and O–H groups in total. The van der Waals surface area contributed by atoms with Crippen LogP contribution in [0.15, 0.2) is 23.0 Å². The molecule has 0 radical (unpaired) electrons. The van der Waals surface area contributed by atoms with E-state index in [0.717, 1.165) is 16.8 Å². The van der Waals surface area contributed by atoms with Gasteiger partial charge in [0.1, 0.15) is 22.8 Å². The minimum absolute atomic E-state index is 0.147. The van der Waals surface area contributed by atoms with Crippen LogP contribution in [-0.2, 0) is 11.3 Å². The SMILES string of the molecule is O=c1c2nn(Cc3c(F)cccc3F)c(C(F)F)c2nnn1[C@@H]1[C@@H]2COC[C@@H]21. The Labute approximate surface area is 154 Å². The molecule has 3 aromatic rings. The Morgan fingerprint density at radius 1 is 1.14 bits per heavy atom. The highest BCUT2D eigenvalue weighted by atomic mass is 19.3. The lowest BCUT2D eigenvalue weighted by Gasteiger charge is -2.08. The summed E-state index contributed by atoms with van der Waals surface area (Å²) in [4.78, 5) is 12.8. The first-order valence-corrected chi connectivity index (χ1v) is 8.62. The van der Waals surface area contributed by atoms with E-state index < -0.39 is 41.4 Å². The summed E-state index contributed by atoms with van der Waals surface area (Å²) in [7, 11) is 0. The first kappa shape index (κ1) is 17.3. The zero-order valence-corrected chi connectivity index (χ0v) is 14.2. The van der Waals surface area contributed by atoms with Crippen molar-refractivity contribution in [1.82, 2.24) is 24.8 Å². The van der Waals surface area contributed by atoms with Crippen LogP contribution < -0.4 is 5.56 Å².